The number of hydrogen-bond acceptors (Lipinski definition) is 3. The van der Waals surface area contributed by atoms with Crippen molar-refractivity contribution in [3.63, 3.8) is 0 Å². The van der Waals surface area contributed by atoms with Gasteiger partial charge in [-0.3, -0.25) is 0 Å². The number of aromatic amines is 1. The van der Waals surface area contributed by atoms with Gasteiger partial charge in [0.05, 0.1) is 11.7 Å². The maximum absolute atomic E-state index is 13.6. The van der Waals surface area contributed by atoms with Gasteiger partial charge >= 0.3 is 0 Å². The second kappa shape index (κ2) is 4.99. The van der Waals surface area contributed by atoms with Crippen LogP contribution in [-0.4, -0.2) is 16.2 Å². The standard InChI is InChI=1S/C13H13F2N3OS/c14-8-1-7-2-9(6-19-12(7)11(15)3-8)18-10(4-16)5-17-13(18)20/h1,3,5,9H,2,4,6,16H2,(H,17,20)/t9-/m0/s1. The lowest BCUT2D eigenvalue weighted by atomic mass is 10.0. The van der Waals surface area contributed by atoms with Crippen molar-refractivity contribution in [2.24, 2.45) is 5.73 Å². The number of H-pyrrole nitrogens is 1. The van der Waals surface area contributed by atoms with Crippen LogP contribution in [0.2, 0.25) is 0 Å². The van der Waals surface area contributed by atoms with Gasteiger partial charge < -0.3 is 20.0 Å². The van der Waals surface area contributed by atoms with Crippen LogP contribution < -0.4 is 10.5 Å². The van der Waals surface area contributed by atoms with Crippen molar-refractivity contribution >= 4 is 12.2 Å². The van der Waals surface area contributed by atoms with Crippen LogP contribution in [-0.2, 0) is 13.0 Å². The molecule has 2 aromatic rings. The van der Waals surface area contributed by atoms with E-state index in [0.717, 1.165) is 11.8 Å². The van der Waals surface area contributed by atoms with E-state index in [1.807, 2.05) is 4.57 Å². The number of fused-ring (bicyclic) bond motifs is 1. The molecule has 1 aromatic carbocycles. The molecule has 106 valence electrons. The summed E-state index contributed by atoms with van der Waals surface area (Å²) in [5, 5.41) is 0. The molecule has 20 heavy (non-hydrogen) atoms. The molecule has 1 aromatic heterocycles. The Bertz CT molecular complexity index is 710. The van der Waals surface area contributed by atoms with Gasteiger partial charge in [-0.2, -0.15) is 0 Å². The lowest BCUT2D eigenvalue weighted by molar-refractivity contribution is 0.210. The highest BCUT2D eigenvalue weighted by molar-refractivity contribution is 7.71. The number of rotatable bonds is 2. The van der Waals surface area contributed by atoms with Gasteiger partial charge in [0, 0.05) is 30.8 Å². The molecule has 0 radical (unpaired) electrons. The summed E-state index contributed by atoms with van der Waals surface area (Å²) in [5.74, 6) is -1.16. The van der Waals surface area contributed by atoms with E-state index in [9.17, 15) is 8.78 Å². The van der Waals surface area contributed by atoms with Crippen LogP contribution in [0.5, 0.6) is 5.75 Å². The number of nitrogens with two attached hydrogens (primary N) is 1. The highest BCUT2D eigenvalue weighted by Crippen LogP contribution is 2.33. The van der Waals surface area contributed by atoms with E-state index in [-0.39, 0.29) is 18.4 Å². The average molecular weight is 297 g/mol. The van der Waals surface area contributed by atoms with Crippen LogP contribution in [0.1, 0.15) is 17.3 Å². The molecule has 0 spiro atoms. The molecule has 0 saturated heterocycles. The van der Waals surface area contributed by atoms with Gasteiger partial charge in [-0.1, -0.05) is 0 Å². The fraction of sp³-hybridized carbons (Fsp3) is 0.308. The summed E-state index contributed by atoms with van der Waals surface area (Å²) in [6.07, 6.45) is 2.19. The summed E-state index contributed by atoms with van der Waals surface area (Å²) in [5.41, 5.74) is 7.01. The van der Waals surface area contributed by atoms with Crippen molar-refractivity contribution in [1.82, 2.24) is 9.55 Å². The second-order valence-corrected chi connectivity index (χ2v) is 5.09. The maximum Gasteiger partial charge on any atom is 0.177 e. The second-order valence-electron chi connectivity index (χ2n) is 4.70. The number of hydrogen-bond donors (Lipinski definition) is 2. The molecule has 7 heteroatoms. The van der Waals surface area contributed by atoms with Gasteiger partial charge in [-0.15, -0.1) is 0 Å². The Morgan fingerprint density at radius 2 is 2.25 bits per heavy atom. The molecular weight excluding hydrogens is 284 g/mol. The smallest absolute Gasteiger partial charge is 0.177 e. The molecule has 0 fully saturated rings. The average Bonchev–Trinajstić information content (AvgIpc) is 2.78. The van der Waals surface area contributed by atoms with Crippen molar-refractivity contribution in [3.05, 3.63) is 46.0 Å². The molecule has 0 saturated carbocycles. The zero-order valence-corrected chi connectivity index (χ0v) is 11.3. The molecule has 0 amide bonds. The lowest BCUT2D eigenvalue weighted by Crippen LogP contribution is -2.27. The van der Waals surface area contributed by atoms with Gasteiger partial charge in [0.1, 0.15) is 12.4 Å². The fourth-order valence-corrected chi connectivity index (χ4v) is 2.88. The Kier molecular flexibility index (Phi) is 3.31. The number of nitrogens with zero attached hydrogens (tertiary/aromatic N) is 1. The molecule has 2 heterocycles. The molecule has 3 rings (SSSR count). The predicted octanol–water partition coefficient (Wildman–Crippen LogP) is 2.46. The minimum Gasteiger partial charge on any atom is -0.488 e. The van der Waals surface area contributed by atoms with E-state index in [1.54, 1.807) is 6.20 Å². The van der Waals surface area contributed by atoms with E-state index >= 15 is 0 Å². The third-order valence-electron chi connectivity index (χ3n) is 3.43. The van der Waals surface area contributed by atoms with Crippen molar-refractivity contribution in [2.75, 3.05) is 6.61 Å². The molecule has 3 N–H and O–H groups in total. The molecule has 4 nitrogen and oxygen atoms in total. The van der Waals surface area contributed by atoms with Crippen LogP contribution in [0.4, 0.5) is 8.78 Å². The summed E-state index contributed by atoms with van der Waals surface area (Å²) in [7, 11) is 0. The fourth-order valence-electron chi connectivity index (χ4n) is 2.56. The van der Waals surface area contributed by atoms with Gasteiger partial charge in [-0.05, 0) is 18.3 Å². The largest absolute Gasteiger partial charge is 0.488 e. The summed E-state index contributed by atoms with van der Waals surface area (Å²) < 4.78 is 34.7. The van der Waals surface area contributed by atoms with E-state index in [2.05, 4.69) is 4.98 Å². The van der Waals surface area contributed by atoms with E-state index in [0.29, 0.717) is 23.3 Å². The Labute approximate surface area is 119 Å². The van der Waals surface area contributed by atoms with E-state index in [1.165, 1.54) is 6.07 Å². The first-order valence-electron chi connectivity index (χ1n) is 6.19. The third kappa shape index (κ3) is 2.12. The minimum atomic E-state index is -0.671. The molecular formula is C13H13F2N3OS. The number of ether oxygens (including phenoxy) is 1. The Balaban J connectivity index is 2.00. The quantitative estimate of drug-likeness (QED) is 0.837. The first-order chi connectivity index (χ1) is 9.60. The Hall–Kier alpha value is -1.73. The highest BCUT2D eigenvalue weighted by Gasteiger charge is 2.26. The normalized spacial score (nSPS) is 17.6. The van der Waals surface area contributed by atoms with Crippen molar-refractivity contribution in [3.8, 4) is 5.75 Å². The number of halogens is 2. The van der Waals surface area contributed by atoms with Crippen molar-refractivity contribution < 1.29 is 13.5 Å². The summed E-state index contributed by atoms with van der Waals surface area (Å²) >= 11 is 5.22. The summed E-state index contributed by atoms with van der Waals surface area (Å²) in [4.78, 5) is 2.93. The van der Waals surface area contributed by atoms with Gasteiger partial charge in [0.15, 0.2) is 16.3 Å². The number of aromatic nitrogens is 2. The highest BCUT2D eigenvalue weighted by atomic mass is 32.1. The Morgan fingerprint density at radius 3 is 3.00 bits per heavy atom. The van der Waals surface area contributed by atoms with Crippen LogP contribution in [0.3, 0.4) is 0 Å². The van der Waals surface area contributed by atoms with Crippen molar-refractivity contribution in [1.29, 1.82) is 0 Å². The zero-order chi connectivity index (χ0) is 14.3. The van der Waals surface area contributed by atoms with Gasteiger partial charge in [0.2, 0.25) is 0 Å². The van der Waals surface area contributed by atoms with Crippen LogP contribution in [0.15, 0.2) is 18.3 Å². The molecule has 1 atom stereocenters. The Morgan fingerprint density at radius 1 is 1.45 bits per heavy atom. The topological polar surface area (TPSA) is 56.0 Å². The lowest BCUT2D eigenvalue weighted by Gasteiger charge is -2.27. The van der Waals surface area contributed by atoms with E-state index < -0.39 is 11.6 Å². The molecule has 0 unspecified atom stereocenters. The number of nitrogens with one attached hydrogen (secondary N) is 1. The van der Waals surface area contributed by atoms with Crippen LogP contribution in [0.25, 0.3) is 0 Å². The van der Waals surface area contributed by atoms with Crippen molar-refractivity contribution in [2.45, 2.75) is 19.0 Å². The zero-order valence-electron chi connectivity index (χ0n) is 10.5. The number of benzene rings is 1. The van der Waals surface area contributed by atoms with Crippen LogP contribution >= 0.6 is 12.2 Å². The molecule has 0 aliphatic carbocycles. The number of imidazole rings is 1. The summed E-state index contributed by atoms with van der Waals surface area (Å²) in [6, 6.07) is 2.00. The third-order valence-corrected chi connectivity index (χ3v) is 3.74. The first kappa shape index (κ1) is 13.3. The molecule has 0 bridgehead atoms. The summed E-state index contributed by atoms with van der Waals surface area (Å²) in [6.45, 7) is 0.600. The van der Waals surface area contributed by atoms with E-state index in [4.69, 9.17) is 22.7 Å². The SMILES string of the molecule is NCc1c[nH]c(=S)n1[C@@H]1COc2c(F)cc(F)cc2C1. The van der Waals surface area contributed by atoms with Gasteiger partial charge in [0.25, 0.3) is 0 Å². The predicted molar refractivity (Wildman–Crippen MR) is 72.1 cm³/mol. The molecule has 1 aliphatic heterocycles. The monoisotopic (exact) mass is 297 g/mol. The molecule has 1 aliphatic rings. The first-order valence-corrected chi connectivity index (χ1v) is 6.60. The van der Waals surface area contributed by atoms with Crippen LogP contribution in [0, 0.1) is 16.4 Å². The minimum absolute atomic E-state index is 0.124. The maximum atomic E-state index is 13.6. The van der Waals surface area contributed by atoms with Gasteiger partial charge in [-0.25, -0.2) is 8.78 Å².